The molecule has 0 aliphatic carbocycles. The Hall–Kier alpha value is -2.58. The van der Waals surface area contributed by atoms with Gasteiger partial charge in [-0.25, -0.2) is 8.42 Å². The van der Waals surface area contributed by atoms with Crippen molar-refractivity contribution in [2.75, 3.05) is 23.7 Å². The number of amides is 2. The number of benzene rings is 2. The van der Waals surface area contributed by atoms with Crippen LogP contribution in [0.25, 0.3) is 0 Å². The Bertz CT molecular complexity index is 1120. The van der Waals surface area contributed by atoms with Gasteiger partial charge in [0.25, 0.3) is 0 Å². The minimum absolute atomic E-state index is 0.181. The molecule has 2 aromatic carbocycles. The highest BCUT2D eigenvalue weighted by Crippen LogP contribution is 2.28. The molecule has 0 radical (unpaired) electrons. The maximum Gasteiger partial charge on any atom is 0.244 e. The molecule has 1 atom stereocenters. The summed E-state index contributed by atoms with van der Waals surface area (Å²) in [5.74, 6) is -0.758. The van der Waals surface area contributed by atoms with Crippen LogP contribution in [0.15, 0.2) is 42.5 Å². The van der Waals surface area contributed by atoms with E-state index in [0.717, 1.165) is 34.5 Å². The van der Waals surface area contributed by atoms with E-state index in [1.165, 1.54) is 4.90 Å². The summed E-state index contributed by atoms with van der Waals surface area (Å²) in [6, 6.07) is 11.7. The van der Waals surface area contributed by atoms with Gasteiger partial charge in [-0.15, -0.1) is 0 Å². The highest BCUT2D eigenvalue weighted by Gasteiger charge is 2.30. The standard InChI is InChI=1S/C25H34ClN3O4S/c1-6-7-15-27-25(31)20(4)28(16-21-12-9-8-11-18(21)2)24(30)17-29(34(5,32)33)23-14-10-13-22(26)19(23)3/h8-14,20H,6-7,15-17H2,1-5H3,(H,27,31)/t20-/m0/s1. The number of nitrogens with one attached hydrogen (secondary N) is 1. The van der Waals surface area contributed by atoms with Crippen molar-refractivity contribution in [3.63, 3.8) is 0 Å². The van der Waals surface area contributed by atoms with E-state index in [0.29, 0.717) is 22.8 Å². The summed E-state index contributed by atoms with van der Waals surface area (Å²) in [5.41, 5.74) is 2.75. The fraction of sp³-hybridized carbons (Fsp3) is 0.440. The number of carbonyl (C=O) groups is 2. The van der Waals surface area contributed by atoms with Crippen LogP contribution in [0.3, 0.4) is 0 Å². The summed E-state index contributed by atoms with van der Waals surface area (Å²) < 4.78 is 26.4. The molecule has 0 heterocycles. The largest absolute Gasteiger partial charge is 0.354 e. The fourth-order valence-electron chi connectivity index (χ4n) is 3.55. The fourth-order valence-corrected chi connectivity index (χ4v) is 4.62. The van der Waals surface area contributed by atoms with E-state index in [1.54, 1.807) is 32.0 Å². The number of unbranched alkanes of at least 4 members (excludes halogenated alkanes) is 1. The first-order valence-electron chi connectivity index (χ1n) is 11.3. The number of carbonyl (C=O) groups excluding carboxylic acids is 2. The monoisotopic (exact) mass is 507 g/mol. The summed E-state index contributed by atoms with van der Waals surface area (Å²) in [7, 11) is -3.80. The first-order valence-corrected chi connectivity index (χ1v) is 13.5. The third-order valence-electron chi connectivity index (χ3n) is 5.79. The lowest BCUT2D eigenvalue weighted by molar-refractivity contribution is -0.139. The summed E-state index contributed by atoms with van der Waals surface area (Å²) >= 11 is 6.21. The quantitative estimate of drug-likeness (QED) is 0.465. The second kappa shape index (κ2) is 12.2. The lowest BCUT2D eigenvalue weighted by atomic mass is 10.1. The molecule has 0 fully saturated rings. The molecule has 0 aliphatic heterocycles. The lowest BCUT2D eigenvalue weighted by Crippen LogP contribution is -2.51. The van der Waals surface area contributed by atoms with Crippen LogP contribution < -0.4 is 9.62 Å². The molecule has 2 rings (SSSR count). The van der Waals surface area contributed by atoms with E-state index in [9.17, 15) is 18.0 Å². The van der Waals surface area contributed by atoms with Gasteiger partial charge >= 0.3 is 0 Å². The van der Waals surface area contributed by atoms with Crippen molar-refractivity contribution in [3.8, 4) is 0 Å². The molecule has 7 nitrogen and oxygen atoms in total. The van der Waals surface area contributed by atoms with Gasteiger partial charge in [0.05, 0.1) is 11.9 Å². The summed E-state index contributed by atoms with van der Waals surface area (Å²) in [4.78, 5) is 27.8. The van der Waals surface area contributed by atoms with Crippen LogP contribution in [0, 0.1) is 13.8 Å². The minimum atomic E-state index is -3.80. The third-order valence-corrected chi connectivity index (χ3v) is 7.32. The summed E-state index contributed by atoms with van der Waals surface area (Å²) in [5, 5.41) is 3.27. The van der Waals surface area contributed by atoms with Crippen molar-refractivity contribution in [1.29, 1.82) is 0 Å². The smallest absolute Gasteiger partial charge is 0.244 e. The molecular weight excluding hydrogens is 474 g/mol. The molecule has 0 spiro atoms. The van der Waals surface area contributed by atoms with E-state index in [1.807, 2.05) is 38.1 Å². The van der Waals surface area contributed by atoms with Gasteiger partial charge in [-0.2, -0.15) is 0 Å². The Labute approximate surface area is 208 Å². The van der Waals surface area contributed by atoms with Crippen molar-refractivity contribution >= 4 is 39.1 Å². The van der Waals surface area contributed by atoms with Crippen molar-refractivity contribution in [3.05, 3.63) is 64.2 Å². The van der Waals surface area contributed by atoms with E-state index in [4.69, 9.17) is 11.6 Å². The van der Waals surface area contributed by atoms with Gasteiger partial charge in [-0.3, -0.25) is 13.9 Å². The van der Waals surface area contributed by atoms with Gasteiger partial charge in [0.15, 0.2) is 0 Å². The number of nitrogens with zero attached hydrogens (tertiary/aromatic N) is 2. The molecule has 0 saturated carbocycles. The van der Waals surface area contributed by atoms with E-state index >= 15 is 0 Å². The van der Waals surface area contributed by atoms with Gasteiger partial charge in [0.1, 0.15) is 12.6 Å². The van der Waals surface area contributed by atoms with E-state index in [2.05, 4.69) is 5.32 Å². The Morgan fingerprint density at radius 1 is 1.09 bits per heavy atom. The summed E-state index contributed by atoms with van der Waals surface area (Å²) in [6.07, 6.45) is 2.82. The van der Waals surface area contributed by atoms with Gasteiger partial charge in [-0.05, 0) is 56.0 Å². The highest BCUT2D eigenvalue weighted by atomic mass is 35.5. The number of hydrogen-bond acceptors (Lipinski definition) is 4. The van der Waals surface area contributed by atoms with Crippen LogP contribution in [0.2, 0.25) is 5.02 Å². The predicted molar refractivity (Wildman–Crippen MR) is 137 cm³/mol. The Balaban J connectivity index is 2.41. The van der Waals surface area contributed by atoms with Gasteiger partial charge in [0.2, 0.25) is 21.8 Å². The molecule has 34 heavy (non-hydrogen) atoms. The number of rotatable bonds is 11. The zero-order chi connectivity index (χ0) is 25.5. The summed E-state index contributed by atoms with van der Waals surface area (Å²) in [6.45, 7) is 7.58. The average molecular weight is 508 g/mol. The Morgan fingerprint density at radius 3 is 2.38 bits per heavy atom. The van der Waals surface area contributed by atoms with Crippen LogP contribution in [-0.2, 0) is 26.2 Å². The number of anilines is 1. The molecule has 2 amide bonds. The lowest BCUT2D eigenvalue weighted by Gasteiger charge is -2.32. The normalized spacial score (nSPS) is 12.2. The molecule has 0 bridgehead atoms. The molecule has 2 aromatic rings. The average Bonchev–Trinajstić information content (AvgIpc) is 2.77. The van der Waals surface area contributed by atoms with Gasteiger partial charge in [-0.1, -0.05) is 55.3 Å². The molecule has 0 aliphatic rings. The van der Waals surface area contributed by atoms with E-state index < -0.39 is 28.5 Å². The number of halogens is 1. The highest BCUT2D eigenvalue weighted by molar-refractivity contribution is 7.92. The number of sulfonamides is 1. The molecule has 0 aromatic heterocycles. The van der Waals surface area contributed by atoms with Crippen molar-refractivity contribution < 1.29 is 18.0 Å². The second-order valence-corrected chi connectivity index (χ2v) is 10.7. The molecule has 1 N–H and O–H groups in total. The number of hydrogen-bond donors (Lipinski definition) is 1. The Kier molecular flexibility index (Phi) is 9.94. The van der Waals surface area contributed by atoms with Gasteiger partial charge < -0.3 is 10.2 Å². The van der Waals surface area contributed by atoms with Crippen molar-refractivity contribution in [1.82, 2.24) is 10.2 Å². The maximum atomic E-state index is 13.6. The molecule has 186 valence electrons. The topological polar surface area (TPSA) is 86.8 Å². The van der Waals surface area contributed by atoms with Crippen LogP contribution in [0.5, 0.6) is 0 Å². The second-order valence-electron chi connectivity index (χ2n) is 8.42. The van der Waals surface area contributed by atoms with Crippen molar-refractivity contribution in [2.45, 2.75) is 53.1 Å². The third kappa shape index (κ3) is 7.21. The Morgan fingerprint density at radius 2 is 1.76 bits per heavy atom. The first-order chi connectivity index (χ1) is 16.0. The molecule has 9 heteroatoms. The number of aryl methyl sites for hydroxylation is 1. The predicted octanol–water partition coefficient (Wildman–Crippen LogP) is 4.06. The van der Waals surface area contributed by atoms with Crippen LogP contribution in [-0.4, -0.2) is 50.5 Å². The van der Waals surface area contributed by atoms with Crippen LogP contribution in [0.4, 0.5) is 5.69 Å². The first kappa shape index (κ1) is 27.7. The molecule has 0 unspecified atom stereocenters. The maximum absolute atomic E-state index is 13.6. The SMILES string of the molecule is CCCCNC(=O)[C@H](C)N(Cc1ccccc1C)C(=O)CN(c1cccc(Cl)c1C)S(C)(=O)=O. The molecular formula is C25H34ClN3O4S. The van der Waals surface area contributed by atoms with E-state index in [-0.39, 0.29) is 12.5 Å². The van der Waals surface area contributed by atoms with Crippen LogP contribution >= 0.6 is 11.6 Å². The zero-order valence-electron chi connectivity index (χ0n) is 20.5. The van der Waals surface area contributed by atoms with Crippen molar-refractivity contribution in [2.24, 2.45) is 0 Å². The molecule has 0 saturated heterocycles. The zero-order valence-corrected chi connectivity index (χ0v) is 22.0. The van der Waals surface area contributed by atoms with Crippen LogP contribution in [0.1, 0.15) is 43.4 Å². The minimum Gasteiger partial charge on any atom is -0.354 e. The van der Waals surface area contributed by atoms with Gasteiger partial charge in [0, 0.05) is 18.1 Å².